The third kappa shape index (κ3) is 7.65. The van der Waals surface area contributed by atoms with Gasteiger partial charge in [0.25, 0.3) is 0 Å². The van der Waals surface area contributed by atoms with Gasteiger partial charge in [-0.3, -0.25) is 4.79 Å². The van der Waals surface area contributed by atoms with E-state index in [4.69, 9.17) is 14.2 Å². The number of carbonyl (C=O) groups excluding carboxylic acids is 1. The molecule has 0 radical (unpaired) electrons. The average molecular weight is 366 g/mol. The number of benzene rings is 1. The van der Waals surface area contributed by atoms with Crippen LogP contribution in [0.2, 0.25) is 0 Å². The maximum Gasteiger partial charge on any atom is 0.305 e. The van der Waals surface area contributed by atoms with Crippen molar-refractivity contribution in [1.29, 1.82) is 0 Å². The predicted octanol–water partition coefficient (Wildman–Crippen LogP) is 4.07. The van der Waals surface area contributed by atoms with E-state index in [-0.39, 0.29) is 12.1 Å². The number of ether oxygens (including phenoxy) is 3. The van der Waals surface area contributed by atoms with Gasteiger partial charge in [0.05, 0.1) is 26.9 Å². The van der Waals surface area contributed by atoms with Crippen LogP contribution < -0.4 is 9.47 Å². The number of rotatable bonds is 13. The molecule has 0 aliphatic heterocycles. The van der Waals surface area contributed by atoms with Crippen LogP contribution in [0.5, 0.6) is 11.5 Å². The summed E-state index contributed by atoms with van der Waals surface area (Å²) in [5, 5.41) is 10.3. The van der Waals surface area contributed by atoms with Gasteiger partial charge in [-0.05, 0) is 62.3 Å². The lowest BCUT2D eigenvalue weighted by atomic mass is 9.95. The lowest BCUT2D eigenvalue weighted by molar-refractivity contribution is -0.143. The second-order valence-electron chi connectivity index (χ2n) is 6.49. The monoisotopic (exact) mass is 366 g/mol. The lowest BCUT2D eigenvalue weighted by Gasteiger charge is -2.17. The summed E-state index contributed by atoms with van der Waals surface area (Å²) in [7, 11) is 3.24. The Hall–Kier alpha value is -1.75. The van der Waals surface area contributed by atoms with Gasteiger partial charge in [0.15, 0.2) is 11.5 Å². The van der Waals surface area contributed by atoms with Gasteiger partial charge in [0.1, 0.15) is 0 Å². The van der Waals surface area contributed by atoms with Crippen LogP contribution in [-0.2, 0) is 22.4 Å². The molecule has 0 bridgehead atoms. The van der Waals surface area contributed by atoms with Gasteiger partial charge in [-0.1, -0.05) is 19.8 Å². The first kappa shape index (κ1) is 22.3. The first-order chi connectivity index (χ1) is 12.5. The van der Waals surface area contributed by atoms with Crippen LogP contribution in [0.25, 0.3) is 0 Å². The molecular formula is C21H34O5. The molecule has 0 heterocycles. The Morgan fingerprint density at radius 3 is 2.27 bits per heavy atom. The first-order valence-corrected chi connectivity index (χ1v) is 9.63. The van der Waals surface area contributed by atoms with Crippen LogP contribution in [0.3, 0.4) is 0 Å². The molecule has 0 saturated carbocycles. The highest BCUT2D eigenvalue weighted by Gasteiger charge is 2.14. The van der Waals surface area contributed by atoms with Crippen LogP contribution in [0.1, 0.15) is 63.5 Å². The number of carbonyl (C=O) groups is 1. The molecule has 1 aromatic carbocycles. The van der Waals surface area contributed by atoms with Crippen LogP contribution in [0.15, 0.2) is 12.1 Å². The minimum Gasteiger partial charge on any atom is -0.493 e. The number of unbranched alkanes of at least 4 members (excludes halogenated alkanes) is 2. The van der Waals surface area contributed by atoms with E-state index >= 15 is 0 Å². The van der Waals surface area contributed by atoms with Crippen LogP contribution >= 0.6 is 0 Å². The largest absolute Gasteiger partial charge is 0.493 e. The minimum absolute atomic E-state index is 0.143. The van der Waals surface area contributed by atoms with E-state index in [2.05, 4.69) is 6.92 Å². The molecule has 1 N–H and O–H groups in total. The number of aryl methyl sites for hydroxylation is 1. The van der Waals surface area contributed by atoms with Crippen molar-refractivity contribution in [2.75, 3.05) is 20.8 Å². The quantitative estimate of drug-likeness (QED) is 0.421. The van der Waals surface area contributed by atoms with Gasteiger partial charge in [-0.15, -0.1) is 0 Å². The van der Waals surface area contributed by atoms with E-state index in [1.54, 1.807) is 14.2 Å². The van der Waals surface area contributed by atoms with Gasteiger partial charge in [-0.25, -0.2) is 0 Å². The third-order valence-corrected chi connectivity index (χ3v) is 4.43. The SMILES string of the molecule is CCCCC(O)Cc1cc(OC)c(OC)cc1CCCCC(=O)OCC. The molecule has 26 heavy (non-hydrogen) atoms. The first-order valence-electron chi connectivity index (χ1n) is 9.63. The molecule has 1 rings (SSSR count). The molecule has 0 aromatic heterocycles. The molecule has 0 spiro atoms. The van der Waals surface area contributed by atoms with Crippen molar-refractivity contribution in [3.8, 4) is 11.5 Å². The summed E-state index contributed by atoms with van der Waals surface area (Å²) in [6.07, 6.45) is 6.07. The molecule has 0 saturated heterocycles. The van der Waals surface area contributed by atoms with Crippen LogP contribution in [0.4, 0.5) is 0 Å². The highest BCUT2D eigenvalue weighted by molar-refractivity contribution is 5.69. The molecule has 0 fully saturated rings. The number of aliphatic hydroxyl groups excluding tert-OH is 1. The fraction of sp³-hybridized carbons (Fsp3) is 0.667. The molecule has 1 atom stereocenters. The summed E-state index contributed by atoms with van der Waals surface area (Å²) in [5.41, 5.74) is 2.23. The Morgan fingerprint density at radius 2 is 1.69 bits per heavy atom. The van der Waals surface area contributed by atoms with E-state index in [1.165, 1.54) is 0 Å². The molecule has 148 valence electrons. The van der Waals surface area contributed by atoms with E-state index < -0.39 is 0 Å². The third-order valence-electron chi connectivity index (χ3n) is 4.43. The Kier molecular flexibility index (Phi) is 10.8. The van der Waals surface area contributed by atoms with E-state index in [9.17, 15) is 9.90 Å². The second kappa shape index (κ2) is 12.6. The van der Waals surface area contributed by atoms with Crippen molar-refractivity contribution < 1.29 is 24.1 Å². The molecular weight excluding hydrogens is 332 g/mol. The summed E-state index contributed by atoms with van der Waals surface area (Å²) in [4.78, 5) is 11.5. The fourth-order valence-electron chi connectivity index (χ4n) is 3.00. The number of hydrogen-bond donors (Lipinski definition) is 1. The molecule has 5 nitrogen and oxygen atoms in total. The summed E-state index contributed by atoms with van der Waals surface area (Å²) in [6.45, 7) is 4.37. The summed E-state index contributed by atoms with van der Waals surface area (Å²) >= 11 is 0. The minimum atomic E-state index is -0.355. The Balaban J connectivity index is 2.80. The zero-order valence-electron chi connectivity index (χ0n) is 16.7. The van der Waals surface area contributed by atoms with Gasteiger partial charge < -0.3 is 19.3 Å². The zero-order valence-corrected chi connectivity index (χ0v) is 16.7. The zero-order chi connectivity index (χ0) is 19.4. The Bertz CT molecular complexity index is 541. The highest BCUT2D eigenvalue weighted by Crippen LogP contribution is 2.32. The molecule has 1 aromatic rings. The van der Waals surface area contributed by atoms with Gasteiger partial charge in [0.2, 0.25) is 0 Å². The standard InChI is InChI=1S/C21H34O5/c1-5-7-11-18(22)13-17-15-20(25-4)19(24-3)14-16(17)10-8-9-12-21(23)26-6-2/h14-15,18,22H,5-13H2,1-4H3. The molecule has 1 unspecified atom stereocenters. The normalized spacial score (nSPS) is 11.9. The smallest absolute Gasteiger partial charge is 0.305 e. The molecule has 0 amide bonds. The number of methoxy groups -OCH3 is 2. The second-order valence-corrected chi connectivity index (χ2v) is 6.49. The van der Waals surface area contributed by atoms with E-state index in [0.717, 1.165) is 49.7 Å². The molecule has 5 heteroatoms. The predicted molar refractivity (Wildman–Crippen MR) is 103 cm³/mol. The van der Waals surface area contributed by atoms with Gasteiger partial charge in [0, 0.05) is 6.42 Å². The van der Waals surface area contributed by atoms with Crippen molar-refractivity contribution in [3.63, 3.8) is 0 Å². The Labute approximate surface area is 157 Å². The lowest BCUT2D eigenvalue weighted by Crippen LogP contribution is -2.12. The number of hydrogen-bond acceptors (Lipinski definition) is 5. The summed E-state index contributed by atoms with van der Waals surface area (Å²) < 4.78 is 15.8. The fourth-order valence-corrected chi connectivity index (χ4v) is 3.00. The van der Waals surface area contributed by atoms with Crippen LogP contribution in [0, 0.1) is 0 Å². The number of aliphatic hydroxyl groups is 1. The molecule has 0 aliphatic carbocycles. The van der Waals surface area contributed by atoms with Gasteiger partial charge >= 0.3 is 5.97 Å². The van der Waals surface area contributed by atoms with E-state index in [0.29, 0.717) is 30.9 Å². The van der Waals surface area contributed by atoms with E-state index in [1.807, 2.05) is 19.1 Å². The topological polar surface area (TPSA) is 65.0 Å². The average Bonchev–Trinajstić information content (AvgIpc) is 2.64. The van der Waals surface area contributed by atoms with Crippen molar-refractivity contribution in [2.45, 2.75) is 71.3 Å². The molecule has 0 aliphatic rings. The summed E-state index contributed by atoms with van der Waals surface area (Å²) in [5.74, 6) is 1.23. The Morgan fingerprint density at radius 1 is 1.04 bits per heavy atom. The van der Waals surface area contributed by atoms with Crippen molar-refractivity contribution in [1.82, 2.24) is 0 Å². The maximum atomic E-state index is 11.5. The van der Waals surface area contributed by atoms with Crippen molar-refractivity contribution in [2.24, 2.45) is 0 Å². The van der Waals surface area contributed by atoms with Crippen molar-refractivity contribution >= 4 is 5.97 Å². The highest BCUT2D eigenvalue weighted by atomic mass is 16.5. The van der Waals surface area contributed by atoms with Crippen LogP contribution in [-0.4, -0.2) is 38.0 Å². The van der Waals surface area contributed by atoms with Crippen molar-refractivity contribution in [3.05, 3.63) is 23.3 Å². The summed E-state index contributed by atoms with van der Waals surface area (Å²) in [6, 6.07) is 3.96. The van der Waals surface area contributed by atoms with Gasteiger partial charge in [-0.2, -0.15) is 0 Å². The number of esters is 1. The maximum absolute atomic E-state index is 11.5.